The van der Waals surface area contributed by atoms with Crippen LogP contribution >= 0.6 is 0 Å². The van der Waals surface area contributed by atoms with E-state index in [0.29, 0.717) is 28.4 Å². The molecule has 0 spiro atoms. The van der Waals surface area contributed by atoms with Gasteiger partial charge in [0.05, 0.1) is 10.9 Å². The molecule has 0 unspecified atom stereocenters. The number of carboxylic acid groups (broad SMARTS) is 1. The largest absolute Gasteiger partial charge is 0.475 e. The number of rotatable bonds is 4. The SMILES string of the molecule is CC(C)c1cccc(Nc2nc3ccncc3c3nnc(C(=O)O)n23)c1. The Kier molecular flexibility index (Phi) is 3.72. The van der Waals surface area contributed by atoms with E-state index in [4.69, 9.17) is 0 Å². The molecule has 0 aliphatic rings. The molecule has 4 rings (SSSR count). The van der Waals surface area contributed by atoms with Crippen molar-refractivity contribution in [1.29, 1.82) is 0 Å². The Morgan fingerprint density at radius 2 is 2.08 bits per heavy atom. The molecular weight excluding hydrogens is 332 g/mol. The lowest BCUT2D eigenvalue weighted by atomic mass is 10.0. The number of hydrogen-bond donors (Lipinski definition) is 2. The third-order valence-corrected chi connectivity index (χ3v) is 4.14. The van der Waals surface area contributed by atoms with Crippen molar-refractivity contribution in [3.8, 4) is 0 Å². The van der Waals surface area contributed by atoms with Gasteiger partial charge in [0.15, 0.2) is 5.65 Å². The van der Waals surface area contributed by atoms with Gasteiger partial charge >= 0.3 is 5.97 Å². The number of aromatic carboxylic acids is 1. The number of nitrogens with zero attached hydrogens (tertiary/aromatic N) is 5. The Labute approximate surface area is 148 Å². The summed E-state index contributed by atoms with van der Waals surface area (Å²) < 4.78 is 1.40. The number of aromatic nitrogens is 5. The molecule has 3 heterocycles. The zero-order valence-electron chi connectivity index (χ0n) is 14.2. The molecule has 26 heavy (non-hydrogen) atoms. The molecule has 0 aliphatic heterocycles. The summed E-state index contributed by atoms with van der Waals surface area (Å²) in [5.74, 6) is -0.679. The highest BCUT2D eigenvalue weighted by molar-refractivity contribution is 5.94. The van der Waals surface area contributed by atoms with Crippen LogP contribution < -0.4 is 5.32 Å². The summed E-state index contributed by atoms with van der Waals surface area (Å²) >= 11 is 0. The number of anilines is 2. The molecule has 4 aromatic rings. The number of fused-ring (bicyclic) bond motifs is 3. The number of pyridine rings is 1. The van der Waals surface area contributed by atoms with Gasteiger partial charge in [0.2, 0.25) is 11.8 Å². The molecule has 0 amide bonds. The summed E-state index contributed by atoms with van der Waals surface area (Å²) in [7, 11) is 0. The summed E-state index contributed by atoms with van der Waals surface area (Å²) in [5, 5.41) is 21.1. The van der Waals surface area contributed by atoms with Gasteiger partial charge in [-0.05, 0) is 29.7 Å². The first kappa shape index (κ1) is 15.9. The van der Waals surface area contributed by atoms with Gasteiger partial charge in [-0.25, -0.2) is 14.2 Å². The van der Waals surface area contributed by atoms with Crippen LogP contribution in [0.5, 0.6) is 0 Å². The minimum Gasteiger partial charge on any atom is -0.475 e. The van der Waals surface area contributed by atoms with Gasteiger partial charge in [-0.1, -0.05) is 26.0 Å². The van der Waals surface area contributed by atoms with Gasteiger partial charge < -0.3 is 10.4 Å². The summed E-state index contributed by atoms with van der Waals surface area (Å²) in [6.45, 7) is 4.22. The van der Waals surface area contributed by atoms with Crippen molar-refractivity contribution in [2.24, 2.45) is 0 Å². The second-order valence-corrected chi connectivity index (χ2v) is 6.22. The topological polar surface area (TPSA) is 105 Å². The minimum atomic E-state index is -1.18. The van der Waals surface area contributed by atoms with Crippen molar-refractivity contribution in [1.82, 2.24) is 24.6 Å². The molecule has 1 aromatic carbocycles. The van der Waals surface area contributed by atoms with Crippen LogP contribution in [0.25, 0.3) is 16.6 Å². The second-order valence-electron chi connectivity index (χ2n) is 6.22. The number of benzene rings is 1. The molecule has 0 bridgehead atoms. The van der Waals surface area contributed by atoms with E-state index in [1.165, 1.54) is 9.96 Å². The fraction of sp³-hybridized carbons (Fsp3) is 0.167. The highest BCUT2D eigenvalue weighted by Gasteiger charge is 2.19. The average molecular weight is 348 g/mol. The van der Waals surface area contributed by atoms with E-state index in [9.17, 15) is 9.90 Å². The maximum atomic E-state index is 11.6. The fourth-order valence-electron chi connectivity index (χ4n) is 2.81. The van der Waals surface area contributed by atoms with E-state index in [2.05, 4.69) is 39.3 Å². The van der Waals surface area contributed by atoms with Gasteiger partial charge in [-0.15, -0.1) is 10.2 Å². The highest BCUT2D eigenvalue weighted by atomic mass is 16.4. The summed E-state index contributed by atoms with van der Waals surface area (Å²) in [5.41, 5.74) is 3.02. The van der Waals surface area contributed by atoms with E-state index >= 15 is 0 Å². The standard InChI is InChI=1S/C18H16N6O2/c1-10(2)11-4-3-5-12(8-11)20-18-21-14-6-7-19-9-13(14)15-22-23-16(17(25)26)24(15)18/h3-10H,1-2H3,(H,20,21)(H,25,26). The van der Waals surface area contributed by atoms with E-state index < -0.39 is 5.97 Å². The average Bonchev–Trinajstić information content (AvgIpc) is 3.08. The molecule has 0 aliphatic carbocycles. The molecule has 0 atom stereocenters. The predicted molar refractivity (Wildman–Crippen MR) is 96.9 cm³/mol. The zero-order chi connectivity index (χ0) is 18.3. The van der Waals surface area contributed by atoms with Crippen LogP contribution in [0.15, 0.2) is 42.7 Å². The van der Waals surface area contributed by atoms with Crippen molar-refractivity contribution in [3.63, 3.8) is 0 Å². The maximum absolute atomic E-state index is 11.6. The Balaban J connectivity index is 1.94. The minimum absolute atomic E-state index is 0.208. The molecule has 3 aromatic heterocycles. The van der Waals surface area contributed by atoms with Crippen LogP contribution in [0, 0.1) is 0 Å². The predicted octanol–water partition coefficient (Wildman–Crippen LogP) is 3.24. The molecule has 0 saturated heterocycles. The van der Waals surface area contributed by atoms with E-state index in [1.54, 1.807) is 18.5 Å². The number of carbonyl (C=O) groups is 1. The van der Waals surface area contributed by atoms with Gasteiger partial charge in [0.25, 0.3) is 0 Å². The van der Waals surface area contributed by atoms with Gasteiger partial charge in [-0.2, -0.15) is 0 Å². The van der Waals surface area contributed by atoms with E-state index in [1.807, 2.05) is 24.3 Å². The summed E-state index contributed by atoms with van der Waals surface area (Å²) in [4.78, 5) is 20.2. The molecule has 130 valence electrons. The molecule has 0 fully saturated rings. The van der Waals surface area contributed by atoms with E-state index in [0.717, 1.165) is 5.69 Å². The van der Waals surface area contributed by atoms with Gasteiger partial charge in [0, 0.05) is 18.1 Å². The third kappa shape index (κ3) is 2.61. The lowest BCUT2D eigenvalue weighted by Crippen LogP contribution is -2.09. The van der Waals surface area contributed by atoms with Crippen molar-refractivity contribution >= 4 is 34.2 Å². The van der Waals surface area contributed by atoms with E-state index in [-0.39, 0.29) is 5.82 Å². The normalized spacial score (nSPS) is 11.3. The number of carboxylic acids is 1. The van der Waals surface area contributed by atoms with Gasteiger partial charge in [-0.3, -0.25) is 4.98 Å². The lowest BCUT2D eigenvalue weighted by molar-refractivity contribution is 0.0682. The maximum Gasteiger partial charge on any atom is 0.374 e. The molecule has 8 nitrogen and oxygen atoms in total. The molecular formula is C18H16N6O2. The molecule has 2 N–H and O–H groups in total. The van der Waals surface area contributed by atoms with Crippen LogP contribution in [-0.4, -0.2) is 35.6 Å². The van der Waals surface area contributed by atoms with Gasteiger partial charge in [0.1, 0.15) is 0 Å². The fourth-order valence-corrected chi connectivity index (χ4v) is 2.81. The first-order valence-electron chi connectivity index (χ1n) is 8.13. The van der Waals surface area contributed by atoms with Crippen molar-refractivity contribution in [3.05, 3.63) is 54.1 Å². The Morgan fingerprint density at radius 1 is 1.23 bits per heavy atom. The van der Waals surface area contributed by atoms with Crippen LogP contribution in [0.3, 0.4) is 0 Å². The first-order chi connectivity index (χ1) is 12.5. The molecule has 0 radical (unpaired) electrons. The summed E-state index contributed by atoms with van der Waals surface area (Å²) in [6, 6.07) is 9.66. The smallest absolute Gasteiger partial charge is 0.374 e. The number of nitrogens with one attached hydrogen (secondary N) is 1. The highest BCUT2D eigenvalue weighted by Crippen LogP contribution is 2.25. The van der Waals surface area contributed by atoms with Crippen LogP contribution in [0.4, 0.5) is 11.6 Å². The van der Waals surface area contributed by atoms with Crippen LogP contribution in [0.1, 0.15) is 35.9 Å². The lowest BCUT2D eigenvalue weighted by Gasteiger charge is -2.12. The third-order valence-electron chi connectivity index (χ3n) is 4.14. The van der Waals surface area contributed by atoms with Crippen LogP contribution in [0.2, 0.25) is 0 Å². The Hall–Kier alpha value is -3.55. The Morgan fingerprint density at radius 3 is 2.85 bits per heavy atom. The first-order valence-corrected chi connectivity index (χ1v) is 8.13. The summed E-state index contributed by atoms with van der Waals surface area (Å²) in [6.07, 6.45) is 3.23. The molecule has 0 saturated carbocycles. The molecule has 8 heteroatoms. The van der Waals surface area contributed by atoms with Crippen LogP contribution in [-0.2, 0) is 0 Å². The Bertz CT molecular complexity index is 1140. The van der Waals surface area contributed by atoms with Crippen molar-refractivity contribution in [2.45, 2.75) is 19.8 Å². The second kappa shape index (κ2) is 6.07. The van der Waals surface area contributed by atoms with Crippen molar-refractivity contribution < 1.29 is 9.90 Å². The number of hydrogen-bond acceptors (Lipinski definition) is 6. The van der Waals surface area contributed by atoms with Crippen molar-refractivity contribution in [2.75, 3.05) is 5.32 Å². The monoisotopic (exact) mass is 348 g/mol. The quantitative estimate of drug-likeness (QED) is 0.583. The zero-order valence-corrected chi connectivity index (χ0v) is 14.2.